The van der Waals surface area contributed by atoms with Crippen molar-refractivity contribution in [1.82, 2.24) is 14.5 Å². The molecule has 1 N–H and O–H groups in total. The van der Waals surface area contributed by atoms with Gasteiger partial charge in [-0.25, -0.2) is 8.42 Å². The maximum Gasteiger partial charge on any atom is 0.251 e. The molecule has 2 aromatic carbocycles. The van der Waals surface area contributed by atoms with Crippen molar-refractivity contribution in [2.75, 3.05) is 39.8 Å². The smallest absolute Gasteiger partial charge is 0.251 e. The Kier molecular flexibility index (Phi) is 7.67. The quantitative estimate of drug-likeness (QED) is 0.640. The molecule has 33 heavy (non-hydrogen) atoms. The standard InChI is InChI=1S/C25H33N3O4S/c1-32-23-8-4-21(5-9-23)19-27-16-12-20(13-17-27)18-26-25(29)22-6-10-24(11-7-22)33(30,31)28-14-2-3-15-28/h4-11,20H,2-3,12-19H2,1H3,(H,26,29). The topological polar surface area (TPSA) is 79.0 Å². The summed E-state index contributed by atoms with van der Waals surface area (Å²) in [5.74, 6) is 1.17. The molecule has 0 saturated carbocycles. The molecule has 7 nitrogen and oxygen atoms in total. The molecule has 4 rings (SSSR count). The second-order valence-corrected chi connectivity index (χ2v) is 10.9. The van der Waals surface area contributed by atoms with Crippen molar-refractivity contribution in [1.29, 1.82) is 0 Å². The minimum atomic E-state index is -3.45. The Labute approximate surface area is 196 Å². The number of nitrogens with zero attached hydrogens (tertiary/aromatic N) is 2. The van der Waals surface area contributed by atoms with Gasteiger partial charge in [-0.3, -0.25) is 9.69 Å². The van der Waals surface area contributed by atoms with Crippen LogP contribution in [0, 0.1) is 5.92 Å². The normalized spacial score (nSPS) is 18.3. The molecule has 0 unspecified atom stereocenters. The number of carbonyl (C=O) groups is 1. The molecule has 2 aliphatic rings. The summed E-state index contributed by atoms with van der Waals surface area (Å²) in [7, 11) is -1.78. The molecule has 0 aromatic heterocycles. The molecule has 2 heterocycles. The Hall–Kier alpha value is -2.42. The summed E-state index contributed by atoms with van der Waals surface area (Å²) in [6.07, 6.45) is 3.90. The molecule has 178 valence electrons. The van der Waals surface area contributed by atoms with Crippen molar-refractivity contribution >= 4 is 15.9 Å². The number of benzene rings is 2. The lowest BCUT2D eigenvalue weighted by molar-refractivity contribution is 0.0935. The van der Waals surface area contributed by atoms with E-state index >= 15 is 0 Å². The van der Waals surface area contributed by atoms with Crippen LogP contribution in [-0.2, 0) is 16.6 Å². The average Bonchev–Trinajstić information content (AvgIpc) is 3.40. The van der Waals surface area contributed by atoms with Crippen LogP contribution in [0.2, 0.25) is 0 Å². The number of carbonyl (C=O) groups excluding carboxylic acids is 1. The van der Waals surface area contributed by atoms with Crippen LogP contribution < -0.4 is 10.1 Å². The monoisotopic (exact) mass is 471 g/mol. The average molecular weight is 472 g/mol. The number of piperidine rings is 1. The fraction of sp³-hybridized carbons (Fsp3) is 0.480. The third kappa shape index (κ3) is 5.93. The first-order valence-electron chi connectivity index (χ1n) is 11.7. The lowest BCUT2D eigenvalue weighted by atomic mass is 9.96. The van der Waals surface area contributed by atoms with Gasteiger partial charge in [-0.2, -0.15) is 4.31 Å². The van der Waals surface area contributed by atoms with E-state index in [0.717, 1.165) is 51.1 Å². The summed E-state index contributed by atoms with van der Waals surface area (Å²) >= 11 is 0. The molecule has 0 atom stereocenters. The van der Waals surface area contributed by atoms with Crippen molar-refractivity contribution in [3.05, 3.63) is 59.7 Å². The van der Waals surface area contributed by atoms with Crippen LogP contribution in [0.4, 0.5) is 0 Å². The molecule has 0 aliphatic carbocycles. The van der Waals surface area contributed by atoms with Gasteiger partial charge in [0, 0.05) is 31.7 Å². The number of ether oxygens (including phenoxy) is 1. The second kappa shape index (κ2) is 10.7. The molecule has 8 heteroatoms. The van der Waals surface area contributed by atoms with Gasteiger partial charge in [-0.1, -0.05) is 12.1 Å². The zero-order valence-electron chi connectivity index (χ0n) is 19.2. The fourth-order valence-electron chi connectivity index (χ4n) is 4.53. The lowest BCUT2D eigenvalue weighted by Gasteiger charge is -2.32. The zero-order valence-corrected chi connectivity index (χ0v) is 20.0. The summed E-state index contributed by atoms with van der Waals surface area (Å²) in [5, 5.41) is 3.03. The predicted molar refractivity (Wildman–Crippen MR) is 128 cm³/mol. The Morgan fingerprint density at radius 1 is 0.970 bits per heavy atom. The number of rotatable bonds is 8. The van der Waals surface area contributed by atoms with Gasteiger partial charge in [0.2, 0.25) is 10.0 Å². The summed E-state index contributed by atoms with van der Waals surface area (Å²) in [6, 6.07) is 14.5. The van der Waals surface area contributed by atoms with Gasteiger partial charge < -0.3 is 10.1 Å². The number of sulfonamides is 1. The maximum absolute atomic E-state index is 12.6. The molecular formula is C25H33N3O4S. The van der Waals surface area contributed by atoms with E-state index in [0.29, 0.717) is 31.1 Å². The molecular weight excluding hydrogens is 438 g/mol. The number of hydrogen-bond acceptors (Lipinski definition) is 5. The van der Waals surface area contributed by atoms with Gasteiger partial charge in [0.25, 0.3) is 5.91 Å². The van der Waals surface area contributed by atoms with E-state index in [9.17, 15) is 13.2 Å². The Bertz CT molecular complexity index is 1020. The van der Waals surface area contributed by atoms with Gasteiger partial charge in [0.15, 0.2) is 0 Å². The van der Waals surface area contributed by atoms with Crippen LogP contribution in [0.15, 0.2) is 53.4 Å². The van der Waals surface area contributed by atoms with E-state index in [4.69, 9.17) is 4.74 Å². The van der Waals surface area contributed by atoms with Crippen molar-refractivity contribution in [3.63, 3.8) is 0 Å². The number of hydrogen-bond donors (Lipinski definition) is 1. The van der Waals surface area contributed by atoms with Gasteiger partial charge in [0.1, 0.15) is 5.75 Å². The summed E-state index contributed by atoms with van der Waals surface area (Å²) in [5.41, 5.74) is 1.77. The highest BCUT2D eigenvalue weighted by atomic mass is 32.2. The molecule has 0 radical (unpaired) electrons. The highest BCUT2D eigenvalue weighted by Crippen LogP contribution is 2.22. The highest BCUT2D eigenvalue weighted by Gasteiger charge is 2.27. The molecule has 2 aromatic rings. The van der Waals surface area contributed by atoms with Gasteiger partial charge in [-0.05, 0) is 86.7 Å². The van der Waals surface area contributed by atoms with Crippen molar-refractivity contribution in [2.45, 2.75) is 37.1 Å². The molecule has 2 fully saturated rings. The molecule has 1 amide bonds. The van der Waals surface area contributed by atoms with Crippen molar-refractivity contribution < 1.29 is 17.9 Å². The van der Waals surface area contributed by atoms with Crippen LogP contribution >= 0.6 is 0 Å². The van der Waals surface area contributed by atoms with Crippen LogP contribution in [-0.4, -0.2) is 63.4 Å². The second-order valence-electron chi connectivity index (χ2n) is 8.91. The summed E-state index contributed by atoms with van der Waals surface area (Å²) in [6.45, 7) is 4.73. The maximum atomic E-state index is 12.6. The Morgan fingerprint density at radius 2 is 1.61 bits per heavy atom. The number of likely N-dealkylation sites (tertiary alicyclic amines) is 1. The first-order valence-corrected chi connectivity index (χ1v) is 13.1. The molecule has 0 spiro atoms. The highest BCUT2D eigenvalue weighted by molar-refractivity contribution is 7.89. The molecule has 0 bridgehead atoms. The van der Waals surface area contributed by atoms with E-state index in [1.807, 2.05) is 12.1 Å². The van der Waals surface area contributed by atoms with E-state index < -0.39 is 10.0 Å². The Morgan fingerprint density at radius 3 is 2.21 bits per heavy atom. The minimum Gasteiger partial charge on any atom is -0.497 e. The first kappa shape index (κ1) is 23.7. The predicted octanol–water partition coefficient (Wildman–Crippen LogP) is 3.12. The first-order chi connectivity index (χ1) is 16.0. The van der Waals surface area contributed by atoms with Gasteiger partial charge in [0.05, 0.1) is 12.0 Å². The van der Waals surface area contributed by atoms with E-state index in [1.165, 1.54) is 9.87 Å². The van der Waals surface area contributed by atoms with Crippen molar-refractivity contribution in [3.8, 4) is 5.75 Å². The Balaban J connectivity index is 1.22. The third-order valence-corrected chi connectivity index (χ3v) is 8.56. The van der Waals surface area contributed by atoms with Crippen LogP contribution in [0.5, 0.6) is 5.75 Å². The SMILES string of the molecule is COc1ccc(CN2CCC(CNC(=O)c3ccc(S(=O)(=O)N4CCCC4)cc3)CC2)cc1. The third-order valence-electron chi connectivity index (χ3n) is 6.64. The summed E-state index contributed by atoms with van der Waals surface area (Å²) in [4.78, 5) is 15.3. The summed E-state index contributed by atoms with van der Waals surface area (Å²) < 4.78 is 32.0. The number of amides is 1. The number of nitrogens with one attached hydrogen (secondary N) is 1. The van der Waals surface area contributed by atoms with E-state index in [-0.39, 0.29) is 10.8 Å². The van der Waals surface area contributed by atoms with Gasteiger partial charge >= 0.3 is 0 Å². The van der Waals surface area contributed by atoms with Crippen molar-refractivity contribution in [2.24, 2.45) is 5.92 Å². The molecule has 2 aliphatic heterocycles. The van der Waals surface area contributed by atoms with Gasteiger partial charge in [-0.15, -0.1) is 0 Å². The number of methoxy groups -OCH3 is 1. The van der Waals surface area contributed by atoms with Crippen LogP contribution in [0.3, 0.4) is 0 Å². The minimum absolute atomic E-state index is 0.152. The fourth-order valence-corrected chi connectivity index (χ4v) is 6.05. The van der Waals surface area contributed by atoms with Crippen LogP contribution in [0.1, 0.15) is 41.6 Å². The lowest BCUT2D eigenvalue weighted by Crippen LogP contribution is -2.38. The molecule has 2 saturated heterocycles. The largest absolute Gasteiger partial charge is 0.497 e. The van der Waals surface area contributed by atoms with Crippen LogP contribution in [0.25, 0.3) is 0 Å². The van der Waals surface area contributed by atoms with E-state index in [2.05, 4.69) is 22.3 Å². The van der Waals surface area contributed by atoms with E-state index in [1.54, 1.807) is 31.4 Å². The zero-order chi connectivity index (χ0) is 23.3.